The van der Waals surface area contributed by atoms with Crippen LogP contribution in [0.2, 0.25) is 0 Å². The Morgan fingerprint density at radius 2 is 1.61 bits per heavy atom. The van der Waals surface area contributed by atoms with Crippen LogP contribution in [0.3, 0.4) is 0 Å². The fourth-order valence-corrected chi connectivity index (χ4v) is 2.65. The van der Waals surface area contributed by atoms with E-state index in [-0.39, 0.29) is 23.7 Å². The Labute approximate surface area is 165 Å². The highest BCUT2D eigenvalue weighted by Crippen LogP contribution is 2.19. The van der Waals surface area contributed by atoms with Crippen LogP contribution in [0.5, 0.6) is 5.75 Å². The van der Waals surface area contributed by atoms with E-state index in [1.54, 1.807) is 12.1 Å². The van der Waals surface area contributed by atoms with E-state index in [0.29, 0.717) is 5.82 Å². The van der Waals surface area contributed by atoms with Crippen molar-refractivity contribution in [2.45, 2.75) is 32.9 Å². The molecule has 3 aromatic rings. The molecule has 0 aliphatic rings. The first-order valence-electron chi connectivity index (χ1n) is 9.24. The van der Waals surface area contributed by atoms with Crippen LogP contribution in [0.15, 0.2) is 66.7 Å². The summed E-state index contributed by atoms with van der Waals surface area (Å²) >= 11 is 0. The van der Waals surface area contributed by atoms with E-state index in [1.165, 1.54) is 0 Å². The largest absolute Gasteiger partial charge is 0.491 e. The normalized spacial score (nSPS) is 11.7. The smallest absolute Gasteiger partial charge is 0.272 e. The van der Waals surface area contributed by atoms with E-state index >= 15 is 0 Å². The summed E-state index contributed by atoms with van der Waals surface area (Å²) in [4.78, 5) is 12.4. The molecule has 1 unspecified atom stereocenters. The summed E-state index contributed by atoms with van der Waals surface area (Å²) in [7, 11) is 0. The van der Waals surface area contributed by atoms with Gasteiger partial charge in [0.1, 0.15) is 5.75 Å². The van der Waals surface area contributed by atoms with Gasteiger partial charge in [0.25, 0.3) is 5.91 Å². The van der Waals surface area contributed by atoms with Crippen LogP contribution in [-0.4, -0.2) is 22.2 Å². The topological polar surface area (TPSA) is 76.1 Å². The van der Waals surface area contributed by atoms with Crippen molar-refractivity contribution in [2.24, 2.45) is 0 Å². The van der Waals surface area contributed by atoms with E-state index in [0.717, 1.165) is 17.0 Å². The molecule has 0 radical (unpaired) electrons. The number of carbonyl (C=O) groups is 1. The lowest BCUT2D eigenvalue weighted by molar-refractivity contribution is 0.0934. The highest BCUT2D eigenvalue weighted by molar-refractivity contribution is 5.92. The first-order chi connectivity index (χ1) is 13.5. The Morgan fingerprint density at radius 1 is 0.893 bits per heavy atom. The van der Waals surface area contributed by atoms with Crippen molar-refractivity contribution in [1.82, 2.24) is 15.5 Å². The summed E-state index contributed by atoms with van der Waals surface area (Å²) in [6.07, 6.45) is 0.132. The highest BCUT2D eigenvalue weighted by Gasteiger charge is 2.13. The van der Waals surface area contributed by atoms with Gasteiger partial charge in [0.05, 0.1) is 12.1 Å². The molecule has 0 aliphatic carbocycles. The number of nitrogens with zero attached hydrogens (tertiary/aromatic N) is 2. The SMILES string of the molecule is CC(C)Oc1ccc(Nc2ccc(C(=O)NC(C)c3ccccc3)nn2)cc1. The molecule has 2 N–H and O–H groups in total. The number of benzene rings is 2. The number of carbonyl (C=O) groups excluding carboxylic acids is 1. The van der Waals surface area contributed by atoms with Gasteiger partial charge >= 0.3 is 0 Å². The molecule has 0 fully saturated rings. The molecule has 0 bridgehead atoms. The molecule has 0 saturated heterocycles. The fourth-order valence-electron chi connectivity index (χ4n) is 2.65. The minimum atomic E-state index is -0.259. The monoisotopic (exact) mass is 376 g/mol. The fraction of sp³-hybridized carbons (Fsp3) is 0.227. The third kappa shape index (κ3) is 5.30. The van der Waals surface area contributed by atoms with Gasteiger partial charge in [0.2, 0.25) is 0 Å². The standard InChI is InChI=1S/C22H24N4O2/c1-15(2)28-19-11-9-18(10-12-19)24-21-14-13-20(25-26-21)22(27)23-16(3)17-7-5-4-6-8-17/h4-16H,1-3H3,(H,23,27)(H,24,26). The van der Waals surface area contributed by atoms with Gasteiger partial charge in [-0.3, -0.25) is 4.79 Å². The molecule has 0 saturated carbocycles. The van der Waals surface area contributed by atoms with Gasteiger partial charge in [-0.05, 0) is 62.7 Å². The number of hydrogen-bond acceptors (Lipinski definition) is 5. The number of amides is 1. The Morgan fingerprint density at radius 3 is 2.21 bits per heavy atom. The maximum atomic E-state index is 12.4. The Bertz CT molecular complexity index is 894. The zero-order valence-electron chi connectivity index (χ0n) is 16.2. The molecule has 28 heavy (non-hydrogen) atoms. The molecule has 0 aliphatic heterocycles. The van der Waals surface area contributed by atoms with E-state index in [4.69, 9.17) is 4.74 Å². The number of anilines is 2. The maximum Gasteiger partial charge on any atom is 0.272 e. The van der Waals surface area contributed by atoms with E-state index in [9.17, 15) is 4.79 Å². The zero-order valence-corrected chi connectivity index (χ0v) is 16.2. The van der Waals surface area contributed by atoms with Crippen LogP contribution in [0.4, 0.5) is 11.5 Å². The predicted octanol–water partition coefficient (Wildman–Crippen LogP) is 4.50. The lowest BCUT2D eigenvalue weighted by Crippen LogP contribution is -2.27. The number of nitrogens with one attached hydrogen (secondary N) is 2. The summed E-state index contributed by atoms with van der Waals surface area (Å²) < 4.78 is 5.62. The van der Waals surface area contributed by atoms with E-state index in [1.807, 2.05) is 75.4 Å². The molecule has 1 amide bonds. The van der Waals surface area contributed by atoms with Gasteiger partial charge in [-0.15, -0.1) is 10.2 Å². The van der Waals surface area contributed by atoms with Crippen molar-refractivity contribution in [2.75, 3.05) is 5.32 Å². The quantitative estimate of drug-likeness (QED) is 0.635. The molecule has 6 heteroatoms. The maximum absolute atomic E-state index is 12.4. The van der Waals surface area contributed by atoms with Crippen LogP contribution < -0.4 is 15.4 Å². The molecule has 3 rings (SSSR count). The molecule has 1 aromatic heterocycles. The van der Waals surface area contributed by atoms with Crippen LogP contribution in [-0.2, 0) is 0 Å². The molecular formula is C22H24N4O2. The van der Waals surface area contributed by atoms with Crippen LogP contribution in [0.25, 0.3) is 0 Å². The van der Waals surface area contributed by atoms with Crippen molar-refractivity contribution < 1.29 is 9.53 Å². The summed E-state index contributed by atoms with van der Waals surface area (Å²) in [6.45, 7) is 5.91. The molecule has 6 nitrogen and oxygen atoms in total. The van der Waals surface area contributed by atoms with Crippen molar-refractivity contribution in [3.63, 3.8) is 0 Å². The Hall–Kier alpha value is -3.41. The number of ether oxygens (including phenoxy) is 1. The van der Waals surface area contributed by atoms with Crippen molar-refractivity contribution >= 4 is 17.4 Å². The second-order valence-electron chi connectivity index (χ2n) is 6.73. The minimum Gasteiger partial charge on any atom is -0.491 e. The minimum absolute atomic E-state index is 0.111. The average molecular weight is 376 g/mol. The average Bonchev–Trinajstić information content (AvgIpc) is 2.70. The number of hydrogen-bond donors (Lipinski definition) is 2. The molecule has 1 heterocycles. The molecule has 2 aromatic carbocycles. The Kier molecular flexibility index (Phi) is 6.22. The first kappa shape index (κ1) is 19.4. The molecule has 0 spiro atoms. The van der Waals surface area contributed by atoms with Gasteiger partial charge < -0.3 is 15.4 Å². The zero-order chi connectivity index (χ0) is 19.9. The van der Waals surface area contributed by atoms with Gasteiger partial charge in [-0.1, -0.05) is 30.3 Å². The van der Waals surface area contributed by atoms with Gasteiger partial charge in [-0.2, -0.15) is 0 Å². The summed E-state index contributed by atoms with van der Waals surface area (Å²) in [6, 6.07) is 20.6. The van der Waals surface area contributed by atoms with Crippen molar-refractivity contribution in [1.29, 1.82) is 0 Å². The first-order valence-corrected chi connectivity index (χ1v) is 9.24. The van der Waals surface area contributed by atoms with Crippen LogP contribution in [0.1, 0.15) is 42.9 Å². The lowest BCUT2D eigenvalue weighted by Gasteiger charge is -2.14. The van der Waals surface area contributed by atoms with Crippen LogP contribution >= 0.6 is 0 Å². The van der Waals surface area contributed by atoms with Gasteiger partial charge in [0, 0.05) is 5.69 Å². The number of rotatable bonds is 7. The second kappa shape index (κ2) is 8.99. The third-order valence-electron chi connectivity index (χ3n) is 4.04. The highest BCUT2D eigenvalue weighted by atomic mass is 16.5. The second-order valence-corrected chi connectivity index (χ2v) is 6.73. The van der Waals surface area contributed by atoms with Gasteiger partial charge in [0.15, 0.2) is 11.5 Å². The number of aromatic nitrogens is 2. The van der Waals surface area contributed by atoms with Crippen molar-refractivity contribution in [3.05, 3.63) is 78.0 Å². The summed E-state index contributed by atoms with van der Waals surface area (Å²) in [5.41, 5.74) is 2.17. The Balaban J connectivity index is 1.59. The van der Waals surface area contributed by atoms with E-state index in [2.05, 4.69) is 20.8 Å². The molecule has 1 atom stereocenters. The van der Waals surface area contributed by atoms with E-state index < -0.39 is 0 Å². The summed E-state index contributed by atoms with van der Waals surface area (Å²) in [5.74, 6) is 1.11. The molecule has 144 valence electrons. The van der Waals surface area contributed by atoms with Crippen molar-refractivity contribution in [3.8, 4) is 5.75 Å². The summed E-state index contributed by atoms with van der Waals surface area (Å²) in [5, 5.41) is 14.2. The van der Waals surface area contributed by atoms with Crippen LogP contribution in [0, 0.1) is 0 Å². The molecular weight excluding hydrogens is 352 g/mol. The lowest BCUT2D eigenvalue weighted by atomic mass is 10.1. The third-order valence-corrected chi connectivity index (χ3v) is 4.04. The predicted molar refractivity (Wildman–Crippen MR) is 110 cm³/mol. The van der Waals surface area contributed by atoms with Gasteiger partial charge in [-0.25, -0.2) is 0 Å².